The molecule has 11 heteroatoms. The van der Waals surface area contributed by atoms with Crippen molar-refractivity contribution in [3.05, 3.63) is 80.4 Å². The van der Waals surface area contributed by atoms with Gasteiger partial charge in [-0.1, -0.05) is 11.3 Å². The summed E-state index contributed by atoms with van der Waals surface area (Å²) in [5.41, 5.74) is 0.428. The summed E-state index contributed by atoms with van der Waals surface area (Å²) >= 11 is 1.12. The van der Waals surface area contributed by atoms with Gasteiger partial charge in [-0.05, 0) is 55.8 Å². The van der Waals surface area contributed by atoms with Crippen molar-refractivity contribution in [1.82, 2.24) is 10.2 Å². The minimum Gasteiger partial charge on any atom is -0.507 e. The second-order valence-electron chi connectivity index (χ2n) is 7.08. The SMILES string of the molecule is CCOc1ccc(C(O)=C2C(=O)C(=O)N(c3nnc(C)s3)C2c2ccc([N+](=O)[O-])cc2)cc1. The molecule has 1 saturated heterocycles. The smallest absolute Gasteiger partial charge is 0.301 e. The van der Waals surface area contributed by atoms with Gasteiger partial charge in [0.25, 0.3) is 11.5 Å². The predicted molar refractivity (Wildman–Crippen MR) is 120 cm³/mol. The zero-order chi connectivity index (χ0) is 23.7. The van der Waals surface area contributed by atoms with E-state index in [0.717, 1.165) is 16.2 Å². The second-order valence-corrected chi connectivity index (χ2v) is 8.24. The Labute approximate surface area is 191 Å². The van der Waals surface area contributed by atoms with Gasteiger partial charge in [0, 0.05) is 17.7 Å². The summed E-state index contributed by atoms with van der Waals surface area (Å²) in [6.07, 6.45) is 0. The van der Waals surface area contributed by atoms with E-state index in [4.69, 9.17) is 4.74 Å². The number of ether oxygens (including phenoxy) is 1. The number of aryl methyl sites for hydroxylation is 1. The van der Waals surface area contributed by atoms with Crippen LogP contribution in [0.25, 0.3) is 5.76 Å². The number of benzene rings is 2. The number of Topliss-reactive ketones (excluding diaryl/α,β-unsaturated/α-hetero) is 1. The predicted octanol–water partition coefficient (Wildman–Crippen LogP) is 3.78. The van der Waals surface area contributed by atoms with Crippen molar-refractivity contribution in [3.8, 4) is 5.75 Å². The largest absolute Gasteiger partial charge is 0.507 e. The van der Waals surface area contributed by atoms with Crippen molar-refractivity contribution in [2.45, 2.75) is 19.9 Å². The second kappa shape index (κ2) is 8.79. The first kappa shape index (κ1) is 22.1. The molecule has 0 spiro atoms. The maximum atomic E-state index is 13.1. The van der Waals surface area contributed by atoms with E-state index >= 15 is 0 Å². The molecular formula is C22H18N4O6S. The number of nitrogens with zero attached hydrogens (tertiary/aromatic N) is 4. The van der Waals surface area contributed by atoms with Crippen LogP contribution in [0.4, 0.5) is 10.8 Å². The molecule has 2 aromatic carbocycles. The number of amides is 1. The number of aliphatic hydroxyl groups is 1. The quantitative estimate of drug-likeness (QED) is 0.191. The van der Waals surface area contributed by atoms with Gasteiger partial charge in [-0.3, -0.25) is 24.6 Å². The molecular weight excluding hydrogens is 448 g/mol. The minimum atomic E-state index is -1.04. The van der Waals surface area contributed by atoms with E-state index in [1.807, 2.05) is 6.92 Å². The normalized spacial score (nSPS) is 17.4. The molecule has 1 N–H and O–H groups in total. The summed E-state index contributed by atoms with van der Waals surface area (Å²) in [5.74, 6) is -1.55. The average Bonchev–Trinajstić information content (AvgIpc) is 3.34. The first-order valence-electron chi connectivity index (χ1n) is 9.90. The summed E-state index contributed by atoms with van der Waals surface area (Å²) in [5, 5.41) is 30.8. The summed E-state index contributed by atoms with van der Waals surface area (Å²) < 4.78 is 5.41. The van der Waals surface area contributed by atoms with Crippen molar-refractivity contribution in [2.24, 2.45) is 0 Å². The molecule has 168 valence electrons. The molecule has 0 radical (unpaired) electrons. The lowest BCUT2D eigenvalue weighted by Crippen LogP contribution is -2.29. The maximum absolute atomic E-state index is 13.1. The van der Waals surface area contributed by atoms with Crippen LogP contribution in [0.3, 0.4) is 0 Å². The summed E-state index contributed by atoms with van der Waals surface area (Å²) in [7, 11) is 0. The number of hydrogen-bond acceptors (Lipinski definition) is 9. The fourth-order valence-electron chi connectivity index (χ4n) is 3.54. The zero-order valence-corrected chi connectivity index (χ0v) is 18.4. The molecule has 1 aliphatic rings. The standard InChI is InChI=1S/C22H18N4O6S/c1-3-32-16-10-6-14(7-11-16)19(27)17-18(13-4-8-15(9-5-13)26(30)31)25(21(29)20(17)28)22-24-23-12(2)33-22/h4-11,18,27H,3H2,1-2H3. The van der Waals surface area contributed by atoms with Crippen molar-refractivity contribution < 1.29 is 24.4 Å². The molecule has 1 aliphatic heterocycles. The Bertz CT molecular complexity index is 1270. The number of aliphatic hydroxyl groups excluding tert-OH is 1. The van der Waals surface area contributed by atoms with Crippen LogP contribution in [0.15, 0.2) is 54.1 Å². The molecule has 0 bridgehead atoms. The number of nitro benzene ring substituents is 1. The topological polar surface area (TPSA) is 136 Å². The summed E-state index contributed by atoms with van der Waals surface area (Å²) in [6.45, 7) is 4.02. The van der Waals surface area contributed by atoms with Crippen LogP contribution in [0.5, 0.6) is 5.75 Å². The first-order valence-corrected chi connectivity index (χ1v) is 10.7. The number of hydrogen-bond donors (Lipinski definition) is 1. The minimum absolute atomic E-state index is 0.144. The van der Waals surface area contributed by atoms with Crippen LogP contribution in [0, 0.1) is 17.0 Å². The van der Waals surface area contributed by atoms with Crippen molar-refractivity contribution in [2.75, 3.05) is 11.5 Å². The van der Waals surface area contributed by atoms with Gasteiger partial charge in [-0.15, -0.1) is 10.2 Å². The molecule has 1 unspecified atom stereocenters. The number of rotatable bonds is 6. The van der Waals surface area contributed by atoms with Crippen molar-refractivity contribution >= 4 is 39.6 Å². The Hall–Kier alpha value is -4.12. The van der Waals surface area contributed by atoms with Crippen LogP contribution in [0.2, 0.25) is 0 Å². The van der Waals surface area contributed by atoms with Crippen LogP contribution in [-0.4, -0.2) is 38.5 Å². The van der Waals surface area contributed by atoms with Gasteiger partial charge >= 0.3 is 5.91 Å². The third-order valence-electron chi connectivity index (χ3n) is 5.02. The monoisotopic (exact) mass is 466 g/mol. The molecule has 2 heterocycles. The fourth-order valence-corrected chi connectivity index (χ4v) is 4.25. The number of anilines is 1. The molecule has 1 atom stereocenters. The van der Waals surface area contributed by atoms with E-state index < -0.39 is 22.7 Å². The Morgan fingerprint density at radius 2 is 1.82 bits per heavy atom. The molecule has 1 fully saturated rings. The number of non-ortho nitro benzene ring substituents is 1. The molecule has 3 aromatic rings. The molecule has 0 aliphatic carbocycles. The van der Waals surface area contributed by atoms with E-state index in [0.29, 0.717) is 28.5 Å². The van der Waals surface area contributed by atoms with Crippen LogP contribution in [-0.2, 0) is 9.59 Å². The fraction of sp³-hybridized carbons (Fsp3) is 0.182. The highest BCUT2D eigenvalue weighted by Crippen LogP contribution is 2.43. The maximum Gasteiger partial charge on any atom is 0.301 e. The third-order valence-corrected chi connectivity index (χ3v) is 5.86. The molecule has 0 saturated carbocycles. The average molecular weight is 466 g/mol. The van der Waals surface area contributed by atoms with Gasteiger partial charge in [-0.2, -0.15) is 0 Å². The third kappa shape index (κ3) is 4.05. The van der Waals surface area contributed by atoms with E-state index in [-0.39, 0.29) is 22.2 Å². The van der Waals surface area contributed by atoms with Gasteiger partial charge in [0.2, 0.25) is 5.13 Å². The number of aromatic nitrogens is 2. The van der Waals surface area contributed by atoms with E-state index in [1.54, 1.807) is 31.2 Å². The number of ketones is 1. The van der Waals surface area contributed by atoms with Gasteiger partial charge in [-0.25, -0.2) is 0 Å². The molecule has 10 nitrogen and oxygen atoms in total. The highest BCUT2D eigenvalue weighted by molar-refractivity contribution is 7.15. The summed E-state index contributed by atoms with van der Waals surface area (Å²) in [4.78, 5) is 37.7. The van der Waals surface area contributed by atoms with Gasteiger partial charge in [0.05, 0.1) is 23.1 Å². The highest BCUT2D eigenvalue weighted by Gasteiger charge is 2.48. The Balaban J connectivity index is 1.87. The number of nitro groups is 1. The molecule has 33 heavy (non-hydrogen) atoms. The van der Waals surface area contributed by atoms with E-state index in [1.165, 1.54) is 24.3 Å². The van der Waals surface area contributed by atoms with E-state index in [2.05, 4.69) is 10.2 Å². The highest BCUT2D eigenvalue weighted by atomic mass is 32.1. The molecule has 1 aromatic heterocycles. The lowest BCUT2D eigenvalue weighted by molar-refractivity contribution is -0.384. The van der Waals surface area contributed by atoms with Crippen molar-refractivity contribution in [1.29, 1.82) is 0 Å². The van der Waals surface area contributed by atoms with Crippen LogP contribution < -0.4 is 9.64 Å². The zero-order valence-electron chi connectivity index (χ0n) is 17.6. The van der Waals surface area contributed by atoms with Gasteiger partial charge in [0.15, 0.2) is 0 Å². The van der Waals surface area contributed by atoms with Gasteiger partial charge in [0.1, 0.15) is 16.5 Å². The number of carbonyl (C=O) groups is 2. The molecule has 4 rings (SSSR count). The van der Waals surface area contributed by atoms with Gasteiger partial charge < -0.3 is 9.84 Å². The van der Waals surface area contributed by atoms with Crippen LogP contribution in [0.1, 0.15) is 29.1 Å². The van der Waals surface area contributed by atoms with Crippen LogP contribution >= 0.6 is 11.3 Å². The lowest BCUT2D eigenvalue weighted by Gasteiger charge is -2.22. The van der Waals surface area contributed by atoms with Crippen molar-refractivity contribution in [3.63, 3.8) is 0 Å². The van der Waals surface area contributed by atoms with E-state index in [9.17, 15) is 24.8 Å². The Morgan fingerprint density at radius 1 is 1.15 bits per heavy atom. The summed E-state index contributed by atoms with van der Waals surface area (Å²) in [6, 6.07) is 10.8. The Kier molecular flexibility index (Phi) is 5.88. The first-order chi connectivity index (χ1) is 15.8. The molecule has 1 amide bonds. The Morgan fingerprint density at radius 3 is 2.36 bits per heavy atom. The number of carbonyl (C=O) groups excluding carboxylic acids is 2. The lowest BCUT2D eigenvalue weighted by atomic mass is 9.95.